The van der Waals surface area contributed by atoms with Gasteiger partial charge in [0.2, 0.25) is 5.91 Å². The summed E-state index contributed by atoms with van der Waals surface area (Å²) in [5.74, 6) is -1.65. The van der Waals surface area contributed by atoms with Crippen LogP contribution in [0, 0.1) is 17.1 Å². The van der Waals surface area contributed by atoms with Crippen LogP contribution >= 0.6 is 0 Å². The standard InChI is InChI=1S/C30H23FN4O3/c1-2-18-11-13-20(14-12-18)35-25-17-38-28(36)26(25)30(22(15-32)27(35)33)21-8-4-6-10-24(21)34(29(30)37)16-19-7-3-5-9-23(19)31/h3-14H,2,16-17,33H2,1H3/t30-/m1/s1. The fourth-order valence-corrected chi connectivity index (χ4v) is 5.72. The van der Waals surface area contributed by atoms with Gasteiger partial charge in [-0.15, -0.1) is 0 Å². The van der Waals surface area contributed by atoms with E-state index in [1.807, 2.05) is 31.2 Å². The monoisotopic (exact) mass is 506 g/mol. The molecule has 0 radical (unpaired) electrons. The van der Waals surface area contributed by atoms with Crippen LogP contribution in [0.25, 0.3) is 0 Å². The lowest BCUT2D eigenvalue weighted by atomic mass is 9.67. The second-order valence-corrected chi connectivity index (χ2v) is 9.38. The number of para-hydroxylation sites is 1. The molecule has 1 amide bonds. The average Bonchev–Trinajstić information content (AvgIpc) is 3.42. The number of esters is 1. The number of aryl methyl sites for hydroxylation is 1. The van der Waals surface area contributed by atoms with Gasteiger partial charge in [0.15, 0.2) is 0 Å². The molecule has 3 aliphatic rings. The highest BCUT2D eigenvalue weighted by Gasteiger charge is 2.64. The molecule has 3 aliphatic heterocycles. The Hall–Kier alpha value is -4.90. The van der Waals surface area contributed by atoms with E-state index in [0.29, 0.717) is 28.2 Å². The van der Waals surface area contributed by atoms with Gasteiger partial charge in [-0.1, -0.05) is 55.5 Å². The summed E-state index contributed by atoms with van der Waals surface area (Å²) in [5.41, 5.74) is 8.28. The summed E-state index contributed by atoms with van der Waals surface area (Å²) in [4.78, 5) is 30.9. The van der Waals surface area contributed by atoms with Gasteiger partial charge >= 0.3 is 5.97 Å². The van der Waals surface area contributed by atoms with Crippen molar-refractivity contribution in [1.29, 1.82) is 5.26 Å². The van der Waals surface area contributed by atoms with Gasteiger partial charge in [0.05, 0.1) is 23.4 Å². The van der Waals surface area contributed by atoms with Gasteiger partial charge in [-0.2, -0.15) is 5.26 Å². The van der Waals surface area contributed by atoms with Gasteiger partial charge in [0.25, 0.3) is 0 Å². The lowest BCUT2D eigenvalue weighted by Gasteiger charge is -2.38. The van der Waals surface area contributed by atoms with Crippen LogP contribution in [0.15, 0.2) is 95.5 Å². The van der Waals surface area contributed by atoms with Crippen LogP contribution in [0.1, 0.15) is 23.6 Å². The Morgan fingerprint density at radius 3 is 2.47 bits per heavy atom. The summed E-state index contributed by atoms with van der Waals surface area (Å²) < 4.78 is 20.1. The summed E-state index contributed by atoms with van der Waals surface area (Å²) >= 11 is 0. The summed E-state index contributed by atoms with van der Waals surface area (Å²) in [5, 5.41) is 10.5. The van der Waals surface area contributed by atoms with Gasteiger partial charge in [0.1, 0.15) is 29.7 Å². The number of fused-ring (bicyclic) bond motifs is 3. The number of rotatable bonds is 4. The maximum atomic E-state index is 14.6. The van der Waals surface area contributed by atoms with E-state index in [-0.39, 0.29) is 30.1 Å². The molecule has 38 heavy (non-hydrogen) atoms. The molecule has 7 nitrogen and oxygen atoms in total. The number of anilines is 2. The first kappa shape index (κ1) is 23.5. The highest BCUT2D eigenvalue weighted by Crippen LogP contribution is 2.56. The maximum absolute atomic E-state index is 14.6. The number of cyclic esters (lactones) is 1. The molecule has 6 rings (SSSR count). The normalized spacial score (nSPS) is 20.1. The van der Waals surface area contributed by atoms with Gasteiger partial charge in [-0.3, -0.25) is 9.69 Å². The maximum Gasteiger partial charge on any atom is 0.338 e. The van der Waals surface area contributed by atoms with Crippen LogP contribution in [0.5, 0.6) is 0 Å². The molecule has 0 unspecified atom stereocenters. The van der Waals surface area contributed by atoms with Crippen LogP contribution in [0.2, 0.25) is 0 Å². The highest BCUT2D eigenvalue weighted by molar-refractivity contribution is 6.19. The predicted molar refractivity (Wildman–Crippen MR) is 139 cm³/mol. The average molecular weight is 507 g/mol. The van der Waals surface area contributed by atoms with Crippen molar-refractivity contribution < 1.29 is 18.7 Å². The molecule has 2 N–H and O–H groups in total. The Morgan fingerprint density at radius 2 is 1.76 bits per heavy atom. The third-order valence-corrected chi connectivity index (χ3v) is 7.52. The quantitative estimate of drug-likeness (QED) is 0.533. The topological polar surface area (TPSA) is 99.7 Å². The molecule has 0 aliphatic carbocycles. The first-order valence-corrected chi connectivity index (χ1v) is 12.3. The van der Waals surface area contributed by atoms with E-state index in [9.17, 15) is 19.2 Å². The molecule has 0 fully saturated rings. The number of halogens is 1. The zero-order valence-corrected chi connectivity index (χ0v) is 20.6. The zero-order chi connectivity index (χ0) is 26.6. The van der Waals surface area contributed by atoms with Crippen molar-refractivity contribution in [2.45, 2.75) is 25.3 Å². The van der Waals surface area contributed by atoms with Crippen LogP contribution in [0.3, 0.4) is 0 Å². The lowest BCUT2D eigenvalue weighted by Crippen LogP contribution is -2.50. The highest BCUT2D eigenvalue weighted by atomic mass is 19.1. The molecule has 1 spiro atoms. The summed E-state index contributed by atoms with van der Waals surface area (Å²) in [6, 6.07) is 22.9. The van der Waals surface area contributed by atoms with E-state index in [1.54, 1.807) is 47.4 Å². The van der Waals surface area contributed by atoms with Crippen LogP contribution in [-0.2, 0) is 32.7 Å². The van der Waals surface area contributed by atoms with E-state index < -0.39 is 23.1 Å². The molecule has 3 aromatic carbocycles. The van der Waals surface area contributed by atoms with Crippen molar-refractivity contribution in [1.82, 2.24) is 0 Å². The third-order valence-electron chi connectivity index (χ3n) is 7.52. The van der Waals surface area contributed by atoms with Gasteiger partial charge in [0, 0.05) is 22.5 Å². The Bertz CT molecular complexity index is 1620. The number of amides is 1. The van der Waals surface area contributed by atoms with Gasteiger partial charge in [-0.25, -0.2) is 9.18 Å². The summed E-state index contributed by atoms with van der Waals surface area (Å²) in [6.45, 7) is 1.86. The van der Waals surface area contributed by atoms with Crippen molar-refractivity contribution in [3.05, 3.63) is 118 Å². The van der Waals surface area contributed by atoms with Crippen molar-refractivity contribution in [2.24, 2.45) is 5.73 Å². The van der Waals surface area contributed by atoms with Crippen molar-refractivity contribution >= 4 is 23.3 Å². The van der Waals surface area contributed by atoms with Crippen molar-refractivity contribution in [3.8, 4) is 6.07 Å². The fraction of sp³-hybridized carbons (Fsp3) is 0.167. The number of hydrogen-bond acceptors (Lipinski definition) is 6. The SMILES string of the molecule is CCc1ccc(N2C(N)=C(C#N)[C@@]3(C(=O)N(Cc4ccccc4F)c4ccccc43)C3=C2COC3=O)cc1. The molecular weight excluding hydrogens is 483 g/mol. The number of nitrogens with zero attached hydrogens (tertiary/aromatic N) is 3. The van der Waals surface area contributed by atoms with E-state index in [4.69, 9.17) is 10.5 Å². The largest absolute Gasteiger partial charge is 0.456 e. The van der Waals surface area contributed by atoms with E-state index in [1.165, 1.54) is 11.0 Å². The molecule has 3 aromatic rings. The minimum atomic E-state index is -1.80. The molecule has 0 saturated carbocycles. The van der Waals surface area contributed by atoms with E-state index >= 15 is 0 Å². The number of hydrogen-bond donors (Lipinski definition) is 1. The van der Waals surface area contributed by atoms with E-state index in [0.717, 1.165) is 12.0 Å². The van der Waals surface area contributed by atoms with Gasteiger partial charge in [-0.05, 0) is 36.2 Å². The molecule has 8 heteroatoms. The van der Waals surface area contributed by atoms with E-state index in [2.05, 4.69) is 6.07 Å². The second-order valence-electron chi connectivity index (χ2n) is 9.38. The van der Waals surface area contributed by atoms with Crippen molar-refractivity contribution in [2.75, 3.05) is 16.4 Å². The number of ether oxygens (including phenoxy) is 1. The fourth-order valence-electron chi connectivity index (χ4n) is 5.72. The van der Waals surface area contributed by atoms with Crippen LogP contribution in [-0.4, -0.2) is 18.5 Å². The molecular formula is C30H23FN4O3. The van der Waals surface area contributed by atoms with Crippen LogP contribution < -0.4 is 15.5 Å². The predicted octanol–water partition coefficient (Wildman–Crippen LogP) is 4.20. The molecule has 0 saturated heterocycles. The summed E-state index contributed by atoms with van der Waals surface area (Å²) in [6.07, 6.45) is 0.844. The number of carbonyl (C=O) groups is 2. The third kappa shape index (κ3) is 3.05. The number of nitriles is 1. The first-order valence-electron chi connectivity index (χ1n) is 12.3. The van der Waals surface area contributed by atoms with Gasteiger partial charge < -0.3 is 15.4 Å². The second kappa shape index (κ2) is 8.60. The summed E-state index contributed by atoms with van der Waals surface area (Å²) in [7, 11) is 0. The number of benzene rings is 3. The Kier molecular flexibility index (Phi) is 5.31. The minimum Gasteiger partial charge on any atom is -0.456 e. The first-order chi connectivity index (χ1) is 18.4. The van der Waals surface area contributed by atoms with Crippen LogP contribution in [0.4, 0.5) is 15.8 Å². The minimum absolute atomic E-state index is 0.0460. The number of carbonyl (C=O) groups excluding carboxylic acids is 2. The zero-order valence-electron chi connectivity index (χ0n) is 20.6. The molecule has 1 atom stereocenters. The molecule has 0 aromatic heterocycles. The molecule has 3 heterocycles. The number of nitrogens with two attached hydrogens (primary N) is 1. The molecule has 0 bridgehead atoms. The Balaban J connectivity index is 1.60. The smallest absolute Gasteiger partial charge is 0.338 e. The Labute approximate surface area is 218 Å². The lowest BCUT2D eigenvalue weighted by molar-refractivity contribution is -0.137. The molecule has 188 valence electrons. The van der Waals surface area contributed by atoms with Crippen molar-refractivity contribution in [3.63, 3.8) is 0 Å². The Morgan fingerprint density at radius 1 is 1.05 bits per heavy atom.